The van der Waals surface area contributed by atoms with Gasteiger partial charge in [0.1, 0.15) is 5.82 Å². The number of rotatable bonds is 8. The molecule has 1 aromatic heterocycles. The summed E-state index contributed by atoms with van der Waals surface area (Å²) in [4.78, 5) is 4.25. The van der Waals surface area contributed by atoms with Gasteiger partial charge in [0.25, 0.3) is 0 Å². The number of unbranched alkanes of at least 4 members (excludes halogenated alkanes) is 1. The Balaban J connectivity index is 1.92. The fourth-order valence-electron chi connectivity index (χ4n) is 1.29. The number of nitrogens with one attached hydrogen (secondary N) is 2. The van der Waals surface area contributed by atoms with Crippen LogP contribution >= 0.6 is 11.8 Å². The molecular weight excluding hydrogens is 220 g/mol. The molecule has 0 saturated heterocycles. The van der Waals surface area contributed by atoms with Crippen molar-refractivity contribution < 1.29 is 0 Å². The normalized spacial score (nSPS) is 11.2. The lowest BCUT2D eigenvalue weighted by atomic mass is 10.2. The Labute approximate surface area is 102 Å². The van der Waals surface area contributed by atoms with Crippen LogP contribution < -0.4 is 5.32 Å². The van der Waals surface area contributed by atoms with Crippen LogP contribution in [0, 0.1) is 12.8 Å². The van der Waals surface area contributed by atoms with Crippen molar-refractivity contribution >= 4 is 11.8 Å². The average molecular weight is 242 g/mol. The predicted molar refractivity (Wildman–Crippen MR) is 68.8 cm³/mol. The van der Waals surface area contributed by atoms with Gasteiger partial charge in [-0.15, -0.1) is 5.10 Å². The molecule has 0 unspecified atom stereocenters. The fraction of sp³-hybridized carbons (Fsp3) is 0.818. The summed E-state index contributed by atoms with van der Waals surface area (Å²) in [6.45, 7) is 8.62. The van der Waals surface area contributed by atoms with Gasteiger partial charge in [0, 0.05) is 5.75 Å². The highest BCUT2D eigenvalue weighted by atomic mass is 32.2. The summed E-state index contributed by atoms with van der Waals surface area (Å²) in [7, 11) is 0. The zero-order valence-electron chi connectivity index (χ0n) is 10.4. The number of H-pyrrole nitrogens is 1. The summed E-state index contributed by atoms with van der Waals surface area (Å²) in [6, 6.07) is 0. The topological polar surface area (TPSA) is 53.6 Å². The molecule has 0 aliphatic heterocycles. The molecule has 0 atom stereocenters. The molecule has 16 heavy (non-hydrogen) atoms. The molecule has 0 fully saturated rings. The van der Waals surface area contributed by atoms with Crippen molar-refractivity contribution in [2.24, 2.45) is 5.92 Å². The maximum absolute atomic E-state index is 4.25. The van der Waals surface area contributed by atoms with Gasteiger partial charge in [-0.2, -0.15) is 0 Å². The highest BCUT2D eigenvalue weighted by molar-refractivity contribution is 7.99. The molecule has 0 bridgehead atoms. The van der Waals surface area contributed by atoms with E-state index in [0.29, 0.717) is 0 Å². The Bertz CT molecular complexity index is 285. The summed E-state index contributed by atoms with van der Waals surface area (Å²) in [5, 5.41) is 11.2. The third-order valence-corrected chi connectivity index (χ3v) is 3.04. The van der Waals surface area contributed by atoms with E-state index in [4.69, 9.17) is 0 Å². The molecule has 4 nitrogen and oxygen atoms in total. The van der Waals surface area contributed by atoms with Crippen molar-refractivity contribution in [3.8, 4) is 0 Å². The largest absolute Gasteiger partial charge is 0.316 e. The second-order valence-electron chi connectivity index (χ2n) is 4.36. The summed E-state index contributed by atoms with van der Waals surface area (Å²) >= 11 is 1.72. The number of hydrogen-bond acceptors (Lipinski definition) is 4. The molecule has 1 aromatic rings. The monoisotopic (exact) mass is 242 g/mol. The first-order valence-corrected chi connectivity index (χ1v) is 6.89. The Kier molecular flexibility index (Phi) is 6.49. The van der Waals surface area contributed by atoms with Crippen LogP contribution in [0.2, 0.25) is 0 Å². The van der Waals surface area contributed by atoms with Crippen molar-refractivity contribution in [2.45, 2.75) is 38.8 Å². The maximum Gasteiger partial charge on any atom is 0.208 e. The number of aryl methyl sites for hydroxylation is 1. The van der Waals surface area contributed by atoms with Crippen LogP contribution in [0.3, 0.4) is 0 Å². The van der Waals surface area contributed by atoms with Crippen LogP contribution in [0.25, 0.3) is 0 Å². The smallest absolute Gasteiger partial charge is 0.208 e. The Hall–Kier alpha value is -0.550. The number of aromatic amines is 1. The van der Waals surface area contributed by atoms with E-state index in [0.717, 1.165) is 35.7 Å². The third kappa shape index (κ3) is 6.12. The SMILES string of the molecule is Cc1nc(SCCCCNCC(C)C)n[nH]1. The molecule has 2 N–H and O–H groups in total. The Morgan fingerprint density at radius 3 is 2.81 bits per heavy atom. The lowest BCUT2D eigenvalue weighted by Crippen LogP contribution is -2.20. The van der Waals surface area contributed by atoms with Crippen molar-refractivity contribution in [1.82, 2.24) is 20.5 Å². The van der Waals surface area contributed by atoms with Crippen LogP contribution in [0.5, 0.6) is 0 Å². The molecule has 92 valence electrons. The van der Waals surface area contributed by atoms with Gasteiger partial charge in [-0.3, -0.25) is 5.10 Å². The molecule has 1 rings (SSSR count). The second kappa shape index (κ2) is 7.68. The summed E-state index contributed by atoms with van der Waals surface area (Å²) in [5.74, 6) is 2.73. The second-order valence-corrected chi connectivity index (χ2v) is 5.42. The highest BCUT2D eigenvalue weighted by Crippen LogP contribution is 2.13. The van der Waals surface area contributed by atoms with E-state index < -0.39 is 0 Å². The number of aromatic nitrogens is 3. The molecule has 0 amide bonds. The lowest BCUT2D eigenvalue weighted by Gasteiger charge is -2.06. The summed E-state index contributed by atoms with van der Waals surface area (Å²) in [6.07, 6.45) is 2.44. The molecular formula is C11H22N4S. The average Bonchev–Trinajstić information content (AvgIpc) is 2.62. The highest BCUT2D eigenvalue weighted by Gasteiger charge is 1.99. The molecule has 0 radical (unpaired) electrons. The predicted octanol–water partition coefficient (Wildman–Crippen LogP) is 2.23. The van der Waals surface area contributed by atoms with Gasteiger partial charge in [0.05, 0.1) is 0 Å². The molecule has 0 spiro atoms. The van der Waals surface area contributed by atoms with Crippen LogP contribution in [0.4, 0.5) is 0 Å². The minimum Gasteiger partial charge on any atom is -0.316 e. The van der Waals surface area contributed by atoms with Gasteiger partial charge in [-0.1, -0.05) is 25.6 Å². The third-order valence-electron chi connectivity index (χ3n) is 2.11. The standard InChI is InChI=1S/C11H22N4S/c1-9(2)8-12-6-4-5-7-16-11-13-10(3)14-15-11/h9,12H,4-8H2,1-3H3,(H,13,14,15). The first-order valence-electron chi connectivity index (χ1n) is 5.91. The zero-order chi connectivity index (χ0) is 11.8. The molecule has 5 heteroatoms. The lowest BCUT2D eigenvalue weighted by molar-refractivity contribution is 0.541. The van der Waals surface area contributed by atoms with E-state index >= 15 is 0 Å². The van der Waals surface area contributed by atoms with Gasteiger partial charge in [0.2, 0.25) is 5.16 Å². The van der Waals surface area contributed by atoms with Gasteiger partial charge in [-0.25, -0.2) is 4.98 Å². The number of nitrogens with zero attached hydrogens (tertiary/aromatic N) is 2. The van der Waals surface area contributed by atoms with Crippen molar-refractivity contribution in [3.63, 3.8) is 0 Å². The van der Waals surface area contributed by atoms with Crippen LogP contribution in [-0.2, 0) is 0 Å². The molecule has 0 aliphatic rings. The summed E-state index contributed by atoms with van der Waals surface area (Å²) < 4.78 is 0. The number of thioether (sulfide) groups is 1. The van der Waals surface area contributed by atoms with Crippen LogP contribution in [0.15, 0.2) is 5.16 Å². The quantitative estimate of drug-likeness (QED) is 0.542. The first-order chi connectivity index (χ1) is 7.68. The van der Waals surface area contributed by atoms with Gasteiger partial charge in [0.15, 0.2) is 0 Å². The van der Waals surface area contributed by atoms with E-state index in [-0.39, 0.29) is 0 Å². The van der Waals surface area contributed by atoms with Gasteiger partial charge in [-0.05, 0) is 38.8 Å². The Morgan fingerprint density at radius 1 is 1.38 bits per heavy atom. The minimum absolute atomic E-state index is 0.741. The van der Waals surface area contributed by atoms with E-state index in [1.165, 1.54) is 12.8 Å². The fourth-order valence-corrected chi connectivity index (χ4v) is 2.14. The first kappa shape index (κ1) is 13.5. The van der Waals surface area contributed by atoms with Crippen molar-refractivity contribution in [1.29, 1.82) is 0 Å². The van der Waals surface area contributed by atoms with E-state index in [9.17, 15) is 0 Å². The molecule has 0 aromatic carbocycles. The molecule has 0 aliphatic carbocycles. The summed E-state index contributed by atoms with van der Waals surface area (Å²) in [5.41, 5.74) is 0. The molecule has 1 heterocycles. The van der Waals surface area contributed by atoms with Gasteiger partial charge >= 0.3 is 0 Å². The minimum atomic E-state index is 0.741. The van der Waals surface area contributed by atoms with Gasteiger partial charge < -0.3 is 5.32 Å². The van der Waals surface area contributed by atoms with Crippen LogP contribution in [0.1, 0.15) is 32.5 Å². The molecule has 0 saturated carbocycles. The van der Waals surface area contributed by atoms with E-state index in [2.05, 4.69) is 34.3 Å². The zero-order valence-corrected chi connectivity index (χ0v) is 11.2. The Morgan fingerprint density at radius 2 is 2.19 bits per heavy atom. The van der Waals surface area contributed by atoms with Crippen LogP contribution in [-0.4, -0.2) is 34.0 Å². The number of hydrogen-bond donors (Lipinski definition) is 2. The van der Waals surface area contributed by atoms with E-state index in [1.54, 1.807) is 11.8 Å². The van der Waals surface area contributed by atoms with E-state index in [1.807, 2.05) is 6.92 Å². The van der Waals surface area contributed by atoms with Crippen molar-refractivity contribution in [3.05, 3.63) is 5.82 Å². The maximum atomic E-state index is 4.25. The van der Waals surface area contributed by atoms with Crippen molar-refractivity contribution in [2.75, 3.05) is 18.8 Å².